The van der Waals surface area contributed by atoms with Crippen molar-refractivity contribution in [2.75, 3.05) is 53.1 Å². The van der Waals surface area contributed by atoms with Gasteiger partial charge in [-0.3, -0.25) is 9.59 Å². The van der Waals surface area contributed by atoms with Crippen LogP contribution in [0.15, 0.2) is 18.3 Å². The van der Waals surface area contributed by atoms with Crippen LogP contribution in [-0.4, -0.2) is 85.3 Å². The van der Waals surface area contributed by atoms with Crippen LogP contribution in [0.1, 0.15) is 42.5 Å². The maximum atomic E-state index is 12.8. The topological polar surface area (TPSA) is 81.2 Å². The van der Waals surface area contributed by atoms with Gasteiger partial charge in [-0.1, -0.05) is 0 Å². The number of nitrogens with zero attached hydrogens (tertiary/aromatic N) is 3. The van der Waals surface area contributed by atoms with Gasteiger partial charge >= 0.3 is 0 Å². The van der Waals surface area contributed by atoms with Crippen LogP contribution in [0.4, 0.5) is 0 Å². The minimum absolute atomic E-state index is 0.00476. The van der Waals surface area contributed by atoms with Gasteiger partial charge in [0.25, 0.3) is 5.91 Å². The molecule has 4 heterocycles. The lowest BCUT2D eigenvalue weighted by Gasteiger charge is -2.46. The molecular formula is C22H31N3O5. The minimum Gasteiger partial charge on any atom is -0.481 e. The molecule has 8 heteroatoms. The van der Waals surface area contributed by atoms with Crippen molar-refractivity contribution in [2.24, 2.45) is 5.92 Å². The van der Waals surface area contributed by atoms with Gasteiger partial charge in [-0.25, -0.2) is 4.98 Å². The highest BCUT2D eigenvalue weighted by atomic mass is 16.5. The molecule has 2 amide bonds. The first kappa shape index (κ1) is 21.1. The van der Waals surface area contributed by atoms with E-state index in [2.05, 4.69) is 4.98 Å². The highest BCUT2D eigenvalue weighted by Crippen LogP contribution is 2.39. The summed E-state index contributed by atoms with van der Waals surface area (Å²) < 4.78 is 16.6. The summed E-state index contributed by atoms with van der Waals surface area (Å²) in [6.45, 7) is 4.68. The second kappa shape index (κ2) is 9.31. The van der Waals surface area contributed by atoms with Crippen LogP contribution in [-0.2, 0) is 14.3 Å². The number of piperidine rings is 1. The van der Waals surface area contributed by atoms with Crippen molar-refractivity contribution < 1.29 is 23.8 Å². The number of carbonyl (C=O) groups is 2. The van der Waals surface area contributed by atoms with Gasteiger partial charge in [-0.05, 0) is 37.7 Å². The zero-order valence-electron chi connectivity index (χ0n) is 17.7. The second-order valence-corrected chi connectivity index (χ2v) is 8.47. The Morgan fingerprint density at radius 1 is 1.13 bits per heavy atom. The highest BCUT2D eigenvalue weighted by Gasteiger charge is 2.42. The third kappa shape index (κ3) is 4.75. The summed E-state index contributed by atoms with van der Waals surface area (Å²) in [5.41, 5.74) is 0.369. The lowest BCUT2D eigenvalue weighted by molar-refractivity contribution is -0.143. The summed E-state index contributed by atoms with van der Waals surface area (Å²) in [5.74, 6) is 1.08. The number of aromatic nitrogens is 1. The fourth-order valence-electron chi connectivity index (χ4n) is 4.77. The second-order valence-electron chi connectivity index (χ2n) is 8.47. The number of rotatable bonds is 4. The molecule has 0 radical (unpaired) electrons. The summed E-state index contributed by atoms with van der Waals surface area (Å²) in [5, 5.41) is 0. The van der Waals surface area contributed by atoms with Crippen LogP contribution >= 0.6 is 0 Å². The maximum absolute atomic E-state index is 12.8. The van der Waals surface area contributed by atoms with Crippen molar-refractivity contribution >= 4 is 11.8 Å². The zero-order valence-corrected chi connectivity index (χ0v) is 17.7. The summed E-state index contributed by atoms with van der Waals surface area (Å²) in [6, 6.07) is 3.46. The van der Waals surface area contributed by atoms with Crippen molar-refractivity contribution in [2.45, 2.75) is 37.7 Å². The summed E-state index contributed by atoms with van der Waals surface area (Å²) in [4.78, 5) is 33.4. The van der Waals surface area contributed by atoms with Gasteiger partial charge in [0.2, 0.25) is 11.8 Å². The Labute approximate surface area is 177 Å². The van der Waals surface area contributed by atoms with Gasteiger partial charge in [0, 0.05) is 51.5 Å². The number of ether oxygens (including phenoxy) is 3. The normalized spacial score (nSPS) is 24.0. The number of amides is 2. The molecule has 0 saturated carbocycles. The van der Waals surface area contributed by atoms with Gasteiger partial charge in [-0.15, -0.1) is 0 Å². The Morgan fingerprint density at radius 2 is 1.90 bits per heavy atom. The molecule has 1 aromatic heterocycles. The Balaban J connectivity index is 1.30. The quantitative estimate of drug-likeness (QED) is 0.742. The van der Waals surface area contributed by atoms with Crippen LogP contribution in [0.25, 0.3) is 0 Å². The Kier molecular flexibility index (Phi) is 6.53. The van der Waals surface area contributed by atoms with Crippen LogP contribution in [0.5, 0.6) is 5.88 Å². The van der Waals surface area contributed by atoms with Gasteiger partial charge in [0.05, 0.1) is 31.5 Å². The van der Waals surface area contributed by atoms with Crippen LogP contribution in [0.2, 0.25) is 0 Å². The van der Waals surface area contributed by atoms with Gasteiger partial charge in [0.1, 0.15) is 0 Å². The van der Waals surface area contributed by atoms with Crippen molar-refractivity contribution in [3.05, 3.63) is 23.9 Å². The lowest BCUT2D eigenvalue weighted by Crippen LogP contribution is -2.51. The molecule has 4 rings (SSSR count). The number of pyridine rings is 1. The van der Waals surface area contributed by atoms with E-state index in [1.165, 1.54) is 0 Å². The molecule has 1 spiro atoms. The van der Waals surface area contributed by atoms with E-state index in [9.17, 15) is 9.59 Å². The molecule has 0 bridgehead atoms. The number of hydrogen-bond acceptors (Lipinski definition) is 6. The molecular weight excluding hydrogens is 386 g/mol. The van der Waals surface area contributed by atoms with Gasteiger partial charge < -0.3 is 24.0 Å². The van der Waals surface area contributed by atoms with E-state index in [0.717, 1.165) is 25.7 Å². The molecule has 8 nitrogen and oxygen atoms in total. The van der Waals surface area contributed by atoms with Crippen LogP contribution < -0.4 is 4.74 Å². The molecule has 30 heavy (non-hydrogen) atoms. The Bertz CT molecular complexity index is 740. The van der Waals surface area contributed by atoms with E-state index in [1.807, 2.05) is 9.80 Å². The number of methoxy groups -OCH3 is 1. The van der Waals surface area contributed by atoms with Crippen molar-refractivity contribution in [3.8, 4) is 5.88 Å². The fourth-order valence-corrected chi connectivity index (χ4v) is 4.77. The van der Waals surface area contributed by atoms with Crippen molar-refractivity contribution in [1.82, 2.24) is 14.8 Å². The van der Waals surface area contributed by atoms with Crippen LogP contribution in [0.3, 0.4) is 0 Å². The summed E-state index contributed by atoms with van der Waals surface area (Å²) in [6.07, 6.45) is 5.60. The molecule has 1 unspecified atom stereocenters. The first-order valence-corrected chi connectivity index (χ1v) is 10.9. The van der Waals surface area contributed by atoms with Crippen molar-refractivity contribution in [1.29, 1.82) is 0 Å². The fraction of sp³-hybridized carbons (Fsp3) is 0.682. The third-order valence-electron chi connectivity index (χ3n) is 6.58. The molecule has 0 N–H and O–H groups in total. The molecule has 164 valence electrons. The van der Waals surface area contributed by atoms with E-state index >= 15 is 0 Å². The SMILES string of the molecule is COc1ccc(C(=O)N2CCC3(CC2)CC(CC(=O)N2CCOCC2)CCO3)cn1. The number of carbonyl (C=O) groups excluding carboxylic acids is 2. The molecule has 3 fully saturated rings. The Hall–Kier alpha value is -2.19. The molecule has 0 aliphatic carbocycles. The minimum atomic E-state index is -0.205. The molecule has 3 aliphatic rings. The average Bonchev–Trinajstić information content (AvgIpc) is 2.80. The number of morpholine rings is 1. The van der Waals surface area contributed by atoms with E-state index in [4.69, 9.17) is 14.2 Å². The van der Waals surface area contributed by atoms with E-state index in [-0.39, 0.29) is 17.4 Å². The first-order valence-electron chi connectivity index (χ1n) is 10.9. The lowest BCUT2D eigenvalue weighted by atomic mass is 9.78. The van der Waals surface area contributed by atoms with E-state index < -0.39 is 0 Å². The molecule has 1 aromatic rings. The smallest absolute Gasteiger partial charge is 0.255 e. The monoisotopic (exact) mass is 417 g/mol. The van der Waals surface area contributed by atoms with E-state index in [1.54, 1.807) is 25.4 Å². The summed E-state index contributed by atoms with van der Waals surface area (Å²) >= 11 is 0. The average molecular weight is 418 g/mol. The Morgan fingerprint density at radius 3 is 2.57 bits per heavy atom. The maximum Gasteiger partial charge on any atom is 0.255 e. The molecule has 3 aliphatic heterocycles. The number of likely N-dealkylation sites (tertiary alicyclic amines) is 1. The van der Waals surface area contributed by atoms with Crippen LogP contribution in [0, 0.1) is 5.92 Å². The standard InChI is InChI=1S/C22H31N3O5/c1-28-19-3-2-18(16-23-19)21(27)25-7-5-22(6-8-25)15-17(4-11-30-22)14-20(26)24-9-12-29-13-10-24/h2-3,16-17H,4-15H2,1H3. The predicted molar refractivity (Wildman–Crippen MR) is 109 cm³/mol. The molecule has 0 aromatic carbocycles. The third-order valence-corrected chi connectivity index (χ3v) is 6.58. The first-order chi connectivity index (χ1) is 14.6. The zero-order chi connectivity index (χ0) is 21.0. The number of hydrogen-bond donors (Lipinski definition) is 0. The predicted octanol–water partition coefficient (Wildman–Crippen LogP) is 1.74. The largest absolute Gasteiger partial charge is 0.481 e. The molecule has 1 atom stereocenters. The summed E-state index contributed by atoms with van der Waals surface area (Å²) in [7, 11) is 1.56. The van der Waals surface area contributed by atoms with Crippen molar-refractivity contribution in [3.63, 3.8) is 0 Å². The van der Waals surface area contributed by atoms with E-state index in [0.29, 0.717) is 69.8 Å². The highest BCUT2D eigenvalue weighted by molar-refractivity contribution is 5.94. The van der Waals surface area contributed by atoms with Gasteiger partial charge in [-0.2, -0.15) is 0 Å². The van der Waals surface area contributed by atoms with Gasteiger partial charge in [0.15, 0.2) is 0 Å². The molecule has 3 saturated heterocycles.